The summed E-state index contributed by atoms with van der Waals surface area (Å²) in [4.78, 5) is 24.5. The number of nitrogens with zero attached hydrogens (tertiary/aromatic N) is 4. The molecular weight excluding hydrogens is 436 g/mol. The number of carbonyl (C=O) groups is 1. The fraction of sp³-hybridized carbons (Fsp3) is 0.409. The molecule has 1 saturated heterocycles. The predicted molar refractivity (Wildman–Crippen MR) is 124 cm³/mol. The van der Waals surface area contributed by atoms with E-state index in [-0.39, 0.29) is 11.9 Å². The minimum atomic E-state index is -2.53. The van der Waals surface area contributed by atoms with Gasteiger partial charge < -0.3 is 9.47 Å². The summed E-state index contributed by atoms with van der Waals surface area (Å²) in [6.07, 6.45) is 4.92. The van der Waals surface area contributed by atoms with Gasteiger partial charge in [0.2, 0.25) is 5.91 Å². The summed E-state index contributed by atoms with van der Waals surface area (Å²) < 4.78 is 22.0. The third kappa shape index (κ3) is 3.08. The Balaban J connectivity index is 1.60. The molecule has 2 aliphatic heterocycles. The lowest BCUT2D eigenvalue weighted by Gasteiger charge is -2.48. The van der Waals surface area contributed by atoms with Crippen molar-refractivity contribution >= 4 is 44.8 Å². The van der Waals surface area contributed by atoms with Crippen LogP contribution in [0, 0.1) is 0 Å². The van der Waals surface area contributed by atoms with E-state index in [1.54, 1.807) is 23.4 Å². The van der Waals surface area contributed by atoms with Crippen molar-refractivity contribution in [2.45, 2.75) is 44.7 Å². The second-order valence-corrected chi connectivity index (χ2v) is 11.1. The van der Waals surface area contributed by atoms with Gasteiger partial charge >= 0.3 is 0 Å². The summed E-state index contributed by atoms with van der Waals surface area (Å²) in [6, 6.07) is 7.39. The fourth-order valence-corrected chi connectivity index (χ4v) is 6.68. The van der Waals surface area contributed by atoms with E-state index in [9.17, 15) is 13.9 Å². The molecule has 1 aromatic carbocycles. The molecule has 7 nitrogen and oxygen atoms in total. The molecule has 4 heterocycles. The molecule has 0 saturated carbocycles. The number of imidazole rings is 1. The Labute approximate surface area is 187 Å². The minimum Gasteiger partial charge on any atom is -0.320 e. The number of benzene rings is 1. The molecule has 0 atom stereocenters. The zero-order chi connectivity index (χ0) is 22.0. The second kappa shape index (κ2) is 7.20. The first-order chi connectivity index (χ1) is 14.8. The van der Waals surface area contributed by atoms with Crippen molar-refractivity contribution in [3.05, 3.63) is 53.1 Å². The van der Waals surface area contributed by atoms with Gasteiger partial charge in [0.15, 0.2) is 0 Å². The summed E-state index contributed by atoms with van der Waals surface area (Å²) in [5.74, 6) is 1.38. The summed E-state index contributed by atoms with van der Waals surface area (Å²) in [5.41, 5.74) is 2.91. The van der Waals surface area contributed by atoms with E-state index in [2.05, 4.69) is 4.98 Å². The van der Waals surface area contributed by atoms with Crippen LogP contribution in [0.15, 0.2) is 36.7 Å². The third-order valence-electron chi connectivity index (χ3n) is 6.78. The largest absolute Gasteiger partial charge is 0.320 e. The maximum absolute atomic E-state index is 13.7. The molecule has 0 aliphatic carbocycles. The van der Waals surface area contributed by atoms with Crippen molar-refractivity contribution in [3.63, 3.8) is 0 Å². The highest BCUT2D eigenvalue weighted by molar-refractivity contribution is 8.25. The normalized spacial score (nSPS) is 20.7. The van der Waals surface area contributed by atoms with E-state index in [0.29, 0.717) is 41.7 Å². The van der Waals surface area contributed by atoms with Gasteiger partial charge in [-0.2, -0.15) is 10.6 Å². The number of pyridine rings is 1. The van der Waals surface area contributed by atoms with Gasteiger partial charge in [-0.25, -0.2) is 4.98 Å². The number of carbonyl (C=O) groups excluding carboxylic acids is 1. The first-order valence-corrected chi connectivity index (χ1v) is 12.7. The van der Waals surface area contributed by atoms with Crippen LogP contribution in [0.4, 0.5) is 5.69 Å². The molecule has 1 amide bonds. The number of aromatic nitrogens is 3. The molecule has 3 aromatic rings. The van der Waals surface area contributed by atoms with Crippen LogP contribution in [0.25, 0.3) is 11.0 Å². The van der Waals surface area contributed by atoms with Gasteiger partial charge in [0, 0.05) is 11.2 Å². The van der Waals surface area contributed by atoms with E-state index in [4.69, 9.17) is 16.6 Å². The van der Waals surface area contributed by atoms with Gasteiger partial charge in [-0.3, -0.25) is 18.9 Å². The molecule has 5 rings (SSSR count). The van der Waals surface area contributed by atoms with Crippen molar-refractivity contribution in [3.8, 4) is 0 Å². The van der Waals surface area contributed by atoms with Crippen LogP contribution in [0.2, 0.25) is 5.02 Å². The van der Waals surface area contributed by atoms with Gasteiger partial charge in [0.25, 0.3) is 0 Å². The molecule has 2 aromatic heterocycles. The first-order valence-electron chi connectivity index (χ1n) is 10.5. The quantitative estimate of drug-likeness (QED) is 0.559. The van der Waals surface area contributed by atoms with Gasteiger partial charge in [-0.05, 0) is 42.7 Å². The van der Waals surface area contributed by atoms with E-state index < -0.39 is 16.0 Å². The molecule has 0 spiro atoms. The summed E-state index contributed by atoms with van der Waals surface area (Å²) in [5, 5.41) is 0.587. The molecular formula is C22H25ClN4O3S. The van der Waals surface area contributed by atoms with Crippen molar-refractivity contribution in [2.75, 3.05) is 16.4 Å². The Morgan fingerprint density at radius 3 is 2.65 bits per heavy atom. The lowest BCUT2D eigenvalue weighted by atomic mass is 9.77. The number of anilines is 1. The molecule has 0 radical (unpaired) electrons. The lowest BCUT2D eigenvalue weighted by Crippen LogP contribution is -2.41. The average molecular weight is 461 g/mol. The van der Waals surface area contributed by atoms with Crippen LogP contribution in [0.1, 0.15) is 44.1 Å². The van der Waals surface area contributed by atoms with Gasteiger partial charge in [-0.1, -0.05) is 25.4 Å². The van der Waals surface area contributed by atoms with Crippen molar-refractivity contribution in [2.24, 2.45) is 0 Å². The molecule has 1 fully saturated rings. The highest BCUT2D eigenvalue weighted by Crippen LogP contribution is 2.55. The van der Waals surface area contributed by atoms with Crippen LogP contribution in [0.3, 0.4) is 0 Å². The second-order valence-electron chi connectivity index (χ2n) is 8.39. The number of halogens is 1. The van der Waals surface area contributed by atoms with E-state index in [1.165, 1.54) is 0 Å². The van der Waals surface area contributed by atoms with Crippen LogP contribution in [-0.4, -0.2) is 41.1 Å². The Hall–Kier alpha value is -2.13. The maximum Gasteiger partial charge on any atom is 0.238 e. The highest BCUT2D eigenvalue weighted by Gasteiger charge is 2.49. The summed E-state index contributed by atoms with van der Waals surface area (Å²) >= 11 is 6.19. The van der Waals surface area contributed by atoms with E-state index in [1.807, 2.05) is 36.6 Å². The average Bonchev–Trinajstić information content (AvgIpc) is 3.19. The molecule has 0 bridgehead atoms. The summed E-state index contributed by atoms with van der Waals surface area (Å²) in [7, 11) is -2.53. The van der Waals surface area contributed by atoms with Crippen LogP contribution < -0.4 is 4.90 Å². The van der Waals surface area contributed by atoms with Crippen molar-refractivity contribution < 1.29 is 13.9 Å². The fourth-order valence-electron chi connectivity index (χ4n) is 5.08. The van der Waals surface area contributed by atoms with Gasteiger partial charge in [-0.15, -0.1) is 0 Å². The monoisotopic (exact) mass is 460 g/mol. The van der Waals surface area contributed by atoms with Crippen molar-refractivity contribution in [1.29, 1.82) is 0 Å². The van der Waals surface area contributed by atoms with Gasteiger partial charge in [0.05, 0.1) is 52.4 Å². The lowest BCUT2D eigenvalue weighted by molar-refractivity contribution is -0.123. The molecule has 9 heteroatoms. The third-order valence-corrected chi connectivity index (χ3v) is 8.85. The summed E-state index contributed by atoms with van der Waals surface area (Å²) in [6.45, 7) is 4.39. The predicted octanol–water partition coefficient (Wildman–Crippen LogP) is 4.99. The van der Waals surface area contributed by atoms with Crippen LogP contribution in [-0.2, 0) is 16.8 Å². The Morgan fingerprint density at radius 2 is 1.97 bits per heavy atom. The maximum atomic E-state index is 13.7. The molecule has 164 valence electrons. The number of fused-ring (bicyclic) bond motifs is 2. The topological polar surface area (TPSA) is 91.5 Å². The number of rotatable bonds is 5. The Kier molecular flexibility index (Phi) is 4.82. The molecule has 2 aliphatic rings. The zero-order valence-electron chi connectivity index (χ0n) is 17.5. The zero-order valence-corrected chi connectivity index (χ0v) is 19.0. The van der Waals surface area contributed by atoms with Gasteiger partial charge in [0.1, 0.15) is 5.82 Å². The van der Waals surface area contributed by atoms with Crippen molar-refractivity contribution in [1.82, 2.24) is 14.5 Å². The SMILES string of the molecule is CCC1(CC)C(=O)N(Cc2nc3cc(Cl)ccc3n2C2CS(O)(O)C2)c2cnccc21. The molecule has 0 unspecified atom stereocenters. The Morgan fingerprint density at radius 1 is 1.23 bits per heavy atom. The van der Waals surface area contributed by atoms with E-state index >= 15 is 0 Å². The standard InChI is InChI=1S/C22H25ClN4O3S/c1-3-22(4-2)16-7-8-24-10-19(16)26(21(22)28)11-20-25-17-9-14(23)5-6-18(17)27(20)15-12-31(29,30)13-15/h5-10,15,29-30H,3-4,11-13H2,1-2H3. The number of hydrogen-bond acceptors (Lipinski definition) is 5. The van der Waals surface area contributed by atoms with Crippen LogP contribution in [0.5, 0.6) is 0 Å². The number of hydrogen-bond donors (Lipinski definition) is 2. The highest BCUT2D eigenvalue weighted by atomic mass is 35.5. The minimum absolute atomic E-state index is 0.0648. The van der Waals surface area contributed by atoms with Crippen LogP contribution >= 0.6 is 22.2 Å². The van der Waals surface area contributed by atoms with E-state index in [0.717, 1.165) is 22.3 Å². The molecule has 31 heavy (non-hydrogen) atoms. The smallest absolute Gasteiger partial charge is 0.238 e. The Bertz CT molecular complexity index is 1180. The first kappa shape index (κ1) is 20.8. The molecule has 2 N–H and O–H groups in total. The number of amides is 1.